The lowest BCUT2D eigenvalue weighted by Gasteiger charge is -2.24. The second-order valence-corrected chi connectivity index (χ2v) is 5.26. The molecule has 0 aliphatic heterocycles. The lowest BCUT2D eigenvalue weighted by molar-refractivity contribution is -0.114. The summed E-state index contributed by atoms with van der Waals surface area (Å²) in [5.74, 6) is 0.458. The molecule has 2 N–H and O–H groups in total. The van der Waals surface area contributed by atoms with Gasteiger partial charge in [0.1, 0.15) is 11.6 Å². The van der Waals surface area contributed by atoms with E-state index in [4.69, 9.17) is 4.42 Å². The molecule has 21 heavy (non-hydrogen) atoms. The number of nitrogens with one attached hydrogen (secondary N) is 2. The molecule has 0 spiro atoms. The minimum atomic E-state index is -0.334. The van der Waals surface area contributed by atoms with Crippen LogP contribution in [0.25, 0.3) is 0 Å². The first-order chi connectivity index (χ1) is 10.1. The first-order valence-corrected chi connectivity index (χ1v) is 7.03. The zero-order valence-corrected chi connectivity index (χ0v) is 11.8. The maximum atomic E-state index is 14.0. The van der Waals surface area contributed by atoms with Crippen molar-refractivity contribution in [3.63, 3.8) is 0 Å². The molecule has 0 fully saturated rings. The maximum Gasteiger partial charge on any atom is 0.221 e. The molecule has 2 aromatic rings. The van der Waals surface area contributed by atoms with Crippen LogP contribution in [0.3, 0.4) is 0 Å². The Morgan fingerprint density at radius 2 is 2.24 bits per heavy atom. The molecule has 1 heterocycles. The van der Waals surface area contributed by atoms with Crippen LogP contribution in [0.1, 0.15) is 37.1 Å². The molecule has 1 amide bonds. The summed E-state index contributed by atoms with van der Waals surface area (Å²) in [4.78, 5) is 11.1. The smallest absolute Gasteiger partial charge is 0.221 e. The van der Waals surface area contributed by atoms with Crippen molar-refractivity contribution >= 4 is 17.3 Å². The second-order valence-electron chi connectivity index (χ2n) is 5.26. The van der Waals surface area contributed by atoms with Gasteiger partial charge >= 0.3 is 0 Å². The molecular formula is C16H17FN2O2. The van der Waals surface area contributed by atoms with Crippen molar-refractivity contribution in [2.45, 2.75) is 32.2 Å². The van der Waals surface area contributed by atoms with Gasteiger partial charge in [-0.15, -0.1) is 0 Å². The van der Waals surface area contributed by atoms with E-state index in [0.717, 1.165) is 30.6 Å². The molecule has 0 saturated heterocycles. The third-order valence-electron chi connectivity index (χ3n) is 3.67. The number of rotatable bonds is 3. The van der Waals surface area contributed by atoms with Gasteiger partial charge in [0.25, 0.3) is 0 Å². The highest BCUT2D eigenvalue weighted by Crippen LogP contribution is 2.34. The van der Waals surface area contributed by atoms with Gasteiger partial charge in [-0.3, -0.25) is 4.79 Å². The number of fused-ring (bicyclic) bond motifs is 1. The second kappa shape index (κ2) is 5.60. The molecule has 3 rings (SSSR count). The highest BCUT2D eigenvalue weighted by atomic mass is 19.1. The van der Waals surface area contributed by atoms with Crippen LogP contribution in [0, 0.1) is 5.82 Å². The van der Waals surface area contributed by atoms with Gasteiger partial charge in [0.15, 0.2) is 0 Å². The van der Waals surface area contributed by atoms with Crippen LogP contribution in [0.4, 0.5) is 15.8 Å². The van der Waals surface area contributed by atoms with E-state index in [2.05, 4.69) is 10.6 Å². The molecule has 0 bridgehead atoms. The van der Waals surface area contributed by atoms with Gasteiger partial charge in [-0.1, -0.05) is 0 Å². The van der Waals surface area contributed by atoms with E-state index in [1.54, 1.807) is 18.4 Å². The average molecular weight is 288 g/mol. The van der Waals surface area contributed by atoms with Crippen LogP contribution in [0.5, 0.6) is 0 Å². The predicted molar refractivity (Wildman–Crippen MR) is 78.7 cm³/mol. The number of benzene rings is 1. The Labute approximate surface area is 122 Å². The van der Waals surface area contributed by atoms with Crippen molar-refractivity contribution in [3.05, 3.63) is 47.7 Å². The Kier molecular flexibility index (Phi) is 3.64. The maximum absolute atomic E-state index is 14.0. The van der Waals surface area contributed by atoms with Crippen molar-refractivity contribution < 1.29 is 13.6 Å². The van der Waals surface area contributed by atoms with Crippen LogP contribution in [0.15, 0.2) is 34.9 Å². The molecule has 1 aromatic heterocycles. The number of amides is 1. The molecule has 4 nitrogen and oxygen atoms in total. The number of hydrogen-bond acceptors (Lipinski definition) is 3. The summed E-state index contributed by atoms with van der Waals surface area (Å²) in [5, 5.41) is 5.88. The van der Waals surface area contributed by atoms with Crippen molar-refractivity contribution in [2.24, 2.45) is 0 Å². The van der Waals surface area contributed by atoms with Crippen molar-refractivity contribution in [3.8, 4) is 0 Å². The predicted octanol–water partition coefficient (Wildman–Crippen LogP) is 3.87. The standard InChI is InChI=1S/C16H17FN2O2/c1-10(20)18-11-5-6-13(17)15(9-11)19-14-3-2-4-16-12(14)7-8-21-16/h5-9,14,19H,2-4H2,1H3,(H,18,20). The summed E-state index contributed by atoms with van der Waals surface area (Å²) in [7, 11) is 0. The lowest BCUT2D eigenvalue weighted by Crippen LogP contribution is -2.17. The summed E-state index contributed by atoms with van der Waals surface area (Å²) in [6.07, 6.45) is 4.53. The Morgan fingerprint density at radius 1 is 1.38 bits per heavy atom. The summed E-state index contributed by atoms with van der Waals surface area (Å²) in [6, 6.07) is 6.49. The molecule has 1 unspecified atom stereocenters. The van der Waals surface area contributed by atoms with Gasteiger partial charge in [-0.25, -0.2) is 4.39 Å². The normalized spacial score (nSPS) is 17.1. The summed E-state index contributed by atoms with van der Waals surface area (Å²) in [5.41, 5.74) is 2.06. The van der Waals surface area contributed by atoms with Gasteiger partial charge < -0.3 is 15.1 Å². The van der Waals surface area contributed by atoms with Gasteiger partial charge in [0.05, 0.1) is 18.0 Å². The highest BCUT2D eigenvalue weighted by Gasteiger charge is 2.23. The molecule has 1 atom stereocenters. The van der Waals surface area contributed by atoms with Gasteiger partial charge in [0.2, 0.25) is 5.91 Å². The number of halogens is 1. The Balaban J connectivity index is 1.84. The van der Waals surface area contributed by atoms with Gasteiger partial charge in [0, 0.05) is 24.6 Å². The molecule has 0 radical (unpaired) electrons. The van der Waals surface area contributed by atoms with Crippen molar-refractivity contribution in [1.29, 1.82) is 0 Å². The fraction of sp³-hybridized carbons (Fsp3) is 0.312. The zero-order chi connectivity index (χ0) is 14.8. The highest BCUT2D eigenvalue weighted by molar-refractivity contribution is 5.89. The van der Waals surface area contributed by atoms with E-state index in [0.29, 0.717) is 11.4 Å². The minimum absolute atomic E-state index is 0.0366. The third-order valence-corrected chi connectivity index (χ3v) is 3.67. The lowest BCUT2D eigenvalue weighted by atomic mass is 9.93. The van der Waals surface area contributed by atoms with Crippen molar-refractivity contribution in [2.75, 3.05) is 10.6 Å². The molecule has 110 valence electrons. The number of anilines is 2. The SMILES string of the molecule is CC(=O)Nc1ccc(F)c(NC2CCCc3occc32)c1. The largest absolute Gasteiger partial charge is 0.469 e. The third kappa shape index (κ3) is 2.91. The zero-order valence-electron chi connectivity index (χ0n) is 11.8. The van der Waals surface area contributed by atoms with Crippen LogP contribution in [0.2, 0.25) is 0 Å². The quantitative estimate of drug-likeness (QED) is 0.901. The molecule has 5 heteroatoms. The van der Waals surface area contributed by atoms with E-state index >= 15 is 0 Å². The summed E-state index contributed by atoms with van der Waals surface area (Å²) >= 11 is 0. The van der Waals surface area contributed by atoms with Gasteiger partial charge in [-0.2, -0.15) is 0 Å². The number of furan rings is 1. The molecular weight excluding hydrogens is 271 g/mol. The first kappa shape index (κ1) is 13.7. The van der Waals surface area contributed by atoms with E-state index in [1.807, 2.05) is 6.07 Å². The molecule has 0 saturated carbocycles. The summed E-state index contributed by atoms with van der Waals surface area (Å²) < 4.78 is 19.4. The summed E-state index contributed by atoms with van der Waals surface area (Å²) in [6.45, 7) is 1.43. The van der Waals surface area contributed by atoms with E-state index in [1.165, 1.54) is 13.0 Å². The number of carbonyl (C=O) groups excluding carboxylic acids is 1. The Hall–Kier alpha value is -2.30. The minimum Gasteiger partial charge on any atom is -0.469 e. The number of aryl methyl sites for hydroxylation is 1. The van der Waals surface area contributed by atoms with Gasteiger partial charge in [-0.05, 0) is 37.1 Å². The molecule has 1 aliphatic rings. The van der Waals surface area contributed by atoms with Crippen molar-refractivity contribution in [1.82, 2.24) is 0 Å². The van der Waals surface area contributed by atoms with E-state index in [-0.39, 0.29) is 17.8 Å². The fourth-order valence-corrected chi connectivity index (χ4v) is 2.74. The van der Waals surface area contributed by atoms with Crippen LogP contribution in [-0.4, -0.2) is 5.91 Å². The number of carbonyl (C=O) groups is 1. The average Bonchev–Trinajstić information content (AvgIpc) is 2.91. The topological polar surface area (TPSA) is 54.3 Å². The van der Waals surface area contributed by atoms with Crippen LogP contribution >= 0.6 is 0 Å². The Bertz CT molecular complexity index is 666. The van der Waals surface area contributed by atoms with Crippen LogP contribution in [-0.2, 0) is 11.2 Å². The molecule has 1 aliphatic carbocycles. The molecule has 1 aromatic carbocycles. The van der Waals surface area contributed by atoms with E-state index in [9.17, 15) is 9.18 Å². The monoisotopic (exact) mass is 288 g/mol. The first-order valence-electron chi connectivity index (χ1n) is 7.03. The Morgan fingerprint density at radius 3 is 3.05 bits per heavy atom. The van der Waals surface area contributed by atoms with E-state index < -0.39 is 0 Å². The number of hydrogen-bond donors (Lipinski definition) is 2. The fourth-order valence-electron chi connectivity index (χ4n) is 2.74. The van der Waals surface area contributed by atoms with Crippen LogP contribution < -0.4 is 10.6 Å².